The van der Waals surface area contributed by atoms with Gasteiger partial charge < -0.3 is 15.2 Å². The number of hydrogen-bond donors (Lipinski definition) is 2. The zero-order chi connectivity index (χ0) is 16.2. The van der Waals surface area contributed by atoms with Crippen molar-refractivity contribution < 1.29 is 13.2 Å². The summed E-state index contributed by atoms with van der Waals surface area (Å²) in [5.74, 6) is 0.485. The monoisotopic (exact) mass is 327 g/mol. The van der Waals surface area contributed by atoms with Crippen LogP contribution >= 0.6 is 0 Å². The van der Waals surface area contributed by atoms with E-state index in [0.29, 0.717) is 13.0 Å². The van der Waals surface area contributed by atoms with Crippen LogP contribution in [0.25, 0.3) is 0 Å². The van der Waals surface area contributed by atoms with Crippen LogP contribution in [-0.4, -0.2) is 43.1 Å². The fourth-order valence-corrected chi connectivity index (χ4v) is 4.60. The molecule has 0 unspecified atom stereocenters. The Bertz CT molecular complexity index is 609. The van der Waals surface area contributed by atoms with Crippen molar-refractivity contribution >= 4 is 15.9 Å². The van der Waals surface area contributed by atoms with Crippen molar-refractivity contribution in [2.75, 3.05) is 18.1 Å². The van der Waals surface area contributed by atoms with Crippen LogP contribution in [0.3, 0.4) is 0 Å². The Balaban J connectivity index is 1.65. The molecule has 2 amide bonds. The van der Waals surface area contributed by atoms with Gasteiger partial charge in [-0.05, 0) is 44.2 Å². The molecule has 7 heteroatoms. The van der Waals surface area contributed by atoms with Gasteiger partial charge in [0.2, 0.25) is 0 Å². The predicted octanol–water partition coefficient (Wildman–Crippen LogP) is 1.08. The highest BCUT2D eigenvalue weighted by Gasteiger charge is 2.27. The van der Waals surface area contributed by atoms with E-state index in [1.165, 1.54) is 5.69 Å². The number of nitrogens with zero attached hydrogens (tertiary/aromatic N) is 1. The van der Waals surface area contributed by atoms with E-state index < -0.39 is 9.84 Å². The average molecular weight is 327 g/mol. The number of carbonyl (C=O) groups is 1. The minimum absolute atomic E-state index is 0.0504. The summed E-state index contributed by atoms with van der Waals surface area (Å²) in [5, 5.41) is 5.68. The number of amides is 2. The van der Waals surface area contributed by atoms with Gasteiger partial charge in [0.05, 0.1) is 11.5 Å². The maximum atomic E-state index is 11.8. The van der Waals surface area contributed by atoms with Gasteiger partial charge in [0.1, 0.15) is 0 Å². The molecule has 0 aliphatic carbocycles. The molecule has 6 nitrogen and oxygen atoms in total. The highest BCUT2D eigenvalue weighted by Crippen LogP contribution is 2.17. The molecule has 1 fully saturated rings. The normalized spacial score (nSPS) is 21.5. The van der Waals surface area contributed by atoms with Gasteiger partial charge in [-0.3, -0.25) is 0 Å². The van der Waals surface area contributed by atoms with Crippen LogP contribution in [0.4, 0.5) is 4.79 Å². The second kappa shape index (κ2) is 7.17. The number of urea groups is 1. The maximum Gasteiger partial charge on any atom is 0.315 e. The van der Waals surface area contributed by atoms with Crippen LogP contribution in [-0.2, 0) is 23.3 Å². The predicted molar refractivity (Wildman–Crippen MR) is 86.5 cm³/mol. The Hall–Kier alpha value is -1.50. The number of aryl methyl sites for hydroxylation is 2. The van der Waals surface area contributed by atoms with Gasteiger partial charge in [-0.15, -0.1) is 0 Å². The van der Waals surface area contributed by atoms with Crippen molar-refractivity contribution in [1.29, 1.82) is 0 Å². The third-order valence-electron chi connectivity index (χ3n) is 4.14. The summed E-state index contributed by atoms with van der Waals surface area (Å²) in [6.07, 6.45) is 4.43. The molecule has 0 aromatic carbocycles. The minimum Gasteiger partial charge on any atom is -0.354 e. The molecule has 2 heterocycles. The molecule has 0 saturated carbocycles. The Morgan fingerprint density at radius 1 is 1.50 bits per heavy atom. The first kappa shape index (κ1) is 16.9. The highest BCUT2D eigenvalue weighted by molar-refractivity contribution is 7.91. The topological polar surface area (TPSA) is 80.2 Å². The Kier molecular flexibility index (Phi) is 5.50. The maximum absolute atomic E-state index is 11.8. The van der Waals surface area contributed by atoms with Crippen molar-refractivity contribution in [1.82, 2.24) is 15.2 Å². The van der Waals surface area contributed by atoms with Crippen LogP contribution in [0.5, 0.6) is 0 Å². The lowest BCUT2D eigenvalue weighted by Crippen LogP contribution is -2.42. The molecule has 124 valence electrons. The first-order valence-electron chi connectivity index (χ1n) is 7.71. The summed E-state index contributed by atoms with van der Waals surface area (Å²) in [6, 6.07) is 3.94. The van der Waals surface area contributed by atoms with E-state index in [9.17, 15) is 13.2 Å². The minimum atomic E-state index is -2.88. The second-order valence-corrected chi connectivity index (χ2v) is 8.40. The molecular formula is C15H25N3O3S. The average Bonchev–Trinajstić information content (AvgIpc) is 3.00. The highest BCUT2D eigenvalue weighted by atomic mass is 32.2. The zero-order valence-corrected chi connectivity index (χ0v) is 14.0. The summed E-state index contributed by atoms with van der Waals surface area (Å²) in [7, 11) is -0.869. The number of aromatic nitrogens is 1. The second-order valence-electron chi connectivity index (χ2n) is 6.17. The van der Waals surface area contributed by atoms with E-state index in [0.717, 1.165) is 12.8 Å². The van der Waals surface area contributed by atoms with E-state index in [2.05, 4.69) is 21.3 Å². The lowest BCUT2D eigenvalue weighted by atomic mass is 10.1. The van der Waals surface area contributed by atoms with Gasteiger partial charge in [0, 0.05) is 31.5 Å². The first-order valence-corrected chi connectivity index (χ1v) is 9.53. The summed E-state index contributed by atoms with van der Waals surface area (Å²) in [4.78, 5) is 11.8. The van der Waals surface area contributed by atoms with Crippen molar-refractivity contribution in [3.63, 3.8) is 0 Å². The van der Waals surface area contributed by atoms with Crippen LogP contribution in [0, 0.1) is 5.92 Å². The van der Waals surface area contributed by atoms with Crippen LogP contribution < -0.4 is 10.6 Å². The quantitative estimate of drug-likeness (QED) is 0.820. The molecule has 2 rings (SSSR count). The summed E-state index contributed by atoms with van der Waals surface area (Å²) in [5.41, 5.74) is 1.24. The summed E-state index contributed by atoms with van der Waals surface area (Å²) in [6.45, 7) is 2.40. The molecule has 2 N–H and O–H groups in total. The van der Waals surface area contributed by atoms with Crippen molar-refractivity contribution in [2.24, 2.45) is 13.0 Å². The number of rotatable bonds is 6. The molecular weight excluding hydrogens is 302 g/mol. The lowest BCUT2D eigenvalue weighted by molar-refractivity contribution is 0.235. The molecule has 1 aromatic heterocycles. The molecule has 0 radical (unpaired) electrons. The van der Waals surface area contributed by atoms with Gasteiger partial charge in [0.25, 0.3) is 0 Å². The Morgan fingerprint density at radius 2 is 2.27 bits per heavy atom. The zero-order valence-electron chi connectivity index (χ0n) is 13.2. The van der Waals surface area contributed by atoms with E-state index in [1.807, 2.05) is 26.2 Å². The fourth-order valence-electron chi connectivity index (χ4n) is 2.74. The molecule has 1 aliphatic heterocycles. The van der Waals surface area contributed by atoms with Gasteiger partial charge in [-0.2, -0.15) is 0 Å². The molecule has 22 heavy (non-hydrogen) atoms. The van der Waals surface area contributed by atoms with E-state index >= 15 is 0 Å². The lowest BCUT2D eigenvalue weighted by Gasteiger charge is -2.16. The number of hydrogen-bond acceptors (Lipinski definition) is 3. The number of sulfone groups is 1. The standard InChI is InChI=1S/C15H25N3O3S/c1-12(5-6-14-4-3-8-18(14)2)17-15(19)16-10-13-7-9-22(20,21)11-13/h3-4,8,12-13H,5-7,9-11H2,1-2H3,(H2,16,17,19)/t12-,13-/m1/s1. The van der Waals surface area contributed by atoms with Gasteiger partial charge >= 0.3 is 6.03 Å². The number of nitrogens with one attached hydrogen (secondary N) is 2. The third kappa shape index (κ3) is 5.05. The van der Waals surface area contributed by atoms with Gasteiger partial charge in [-0.25, -0.2) is 13.2 Å². The van der Waals surface area contributed by atoms with E-state index in [1.54, 1.807) is 0 Å². The van der Waals surface area contributed by atoms with Gasteiger partial charge in [0.15, 0.2) is 9.84 Å². The Morgan fingerprint density at radius 3 is 2.86 bits per heavy atom. The summed E-state index contributed by atoms with van der Waals surface area (Å²) >= 11 is 0. The molecule has 0 bridgehead atoms. The Labute approximate surface area is 132 Å². The molecule has 0 spiro atoms. The van der Waals surface area contributed by atoms with Crippen LogP contribution in [0.2, 0.25) is 0 Å². The molecule has 1 aromatic rings. The largest absolute Gasteiger partial charge is 0.354 e. The molecule has 2 atom stereocenters. The van der Waals surface area contributed by atoms with Crippen molar-refractivity contribution in [2.45, 2.75) is 32.2 Å². The SMILES string of the molecule is C[C@H](CCc1cccn1C)NC(=O)NC[C@H]1CCS(=O)(=O)C1. The van der Waals surface area contributed by atoms with Crippen LogP contribution in [0.1, 0.15) is 25.5 Å². The fraction of sp³-hybridized carbons (Fsp3) is 0.667. The first-order chi connectivity index (χ1) is 10.4. The molecule has 1 saturated heterocycles. The van der Waals surface area contributed by atoms with Crippen molar-refractivity contribution in [3.8, 4) is 0 Å². The van der Waals surface area contributed by atoms with E-state index in [-0.39, 0.29) is 29.5 Å². The smallest absolute Gasteiger partial charge is 0.315 e. The number of carbonyl (C=O) groups excluding carboxylic acids is 1. The van der Waals surface area contributed by atoms with Crippen molar-refractivity contribution in [3.05, 3.63) is 24.0 Å². The summed E-state index contributed by atoms with van der Waals surface area (Å²) < 4.78 is 24.8. The van der Waals surface area contributed by atoms with Gasteiger partial charge in [-0.1, -0.05) is 0 Å². The molecule has 1 aliphatic rings. The van der Waals surface area contributed by atoms with Crippen LogP contribution in [0.15, 0.2) is 18.3 Å². The third-order valence-corrected chi connectivity index (χ3v) is 5.98. The van der Waals surface area contributed by atoms with E-state index in [4.69, 9.17) is 0 Å².